The van der Waals surface area contributed by atoms with Crippen molar-refractivity contribution in [1.29, 1.82) is 0 Å². The molecule has 1 aromatic carbocycles. The number of rotatable bonds is 8. The Morgan fingerprint density at radius 1 is 0.818 bits per heavy atom. The van der Waals surface area contributed by atoms with E-state index in [1.54, 1.807) is 0 Å². The molecule has 4 nitrogen and oxygen atoms in total. The van der Waals surface area contributed by atoms with Gasteiger partial charge in [-0.3, -0.25) is 0 Å². The highest BCUT2D eigenvalue weighted by Crippen LogP contribution is 2.40. The molecule has 1 rings (SSSR count). The molecular formula is C18H31NO3. The first-order valence-electron chi connectivity index (χ1n) is 8.18. The molecule has 0 aliphatic rings. The van der Waals surface area contributed by atoms with Crippen molar-refractivity contribution in [3.63, 3.8) is 0 Å². The highest BCUT2D eigenvalue weighted by atomic mass is 16.5. The normalized spacial score (nSPS) is 12.9. The first-order valence-corrected chi connectivity index (χ1v) is 8.18. The molecule has 0 bridgehead atoms. The van der Waals surface area contributed by atoms with Crippen LogP contribution in [-0.4, -0.2) is 18.3 Å². The molecule has 0 aromatic heterocycles. The molecule has 1 unspecified atom stereocenters. The topological polar surface area (TPSA) is 53.7 Å². The van der Waals surface area contributed by atoms with Gasteiger partial charge in [0.15, 0.2) is 0 Å². The van der Waals surface area contributed by atoms with Crippen molar-refractivity contribution in [1.82, 2.24) is 0 Å². The zero-order valence-electron chi connectivity index (χ0n) is 15.0. The van der Waals surface area contributed by atoms with Gasteiger partial charge in [0.25, 0.3) is 0 Å². The predicted octanol–water partition coefficient (Wildman–Crippen LogP) is 4.46. The summed E-state index contributed by atoms with van der Waals surface area (Å²) >= 11 is 0. The minimum absolute atomic E-state index is 0.0593. The van der Waals surface area contributed by atoms with E-state index in [2.05, 4.69) is 6.92 Å². The maximum Gasteiger partial charge on any atom is 0.131 e. The number of benzene rings is 1. The van der Waals surface area contributed by atoms with Crippen molar-refractivity contribution in [2.75, 3.05) is 0 Å². The van der Waals surface area contributed by atoms with Crippen LogP contribution in [-0.2, 0) is 0 Å². The van der Waals surface area contributed by atoms with Crippen LogP contribution in [0.5, 0.6) is 17.2 Å². The second-order valence-corrected chi connectivity index (χ2v) is 6.35. The zero-order valence-corrected chi connectivity index (χ0v) is 15.0. The molecule has 0 radical (unpaired) electrons. The third-order valence-corrected chi connectivity index (χ3v) is 2.99. The highest BCUT2D eigenvalue weighted by Gasteiger charge is 2.21. The van der Waals surface area contributed by atoms with E-state index in [0.29, 0.717) is 0 Å². The summed E-state index contributed by atoms with van der Waals surface area (Å²) in [5, 5.41) is 0. The fourth-order valence-electron chi connectivity index (χ4n) is 2.19. The van der Waals surface area contributed by atoms with Crippen LogP contribution in [0.25, 0.3) is 0 Å². The smallest absolute Gasteiger partial charge is 0.131 e. The summed E-state index contributed by atoms with van der Waals surface area (Å²) in [4.78, 5) is 0. The Morgan fingerprint density at radius 2 is 1.23 bits per heavy atom. The monoisotopic (exact) mass is 309 g/mol. The molecule has 0 saturated heterocycles. The van der Waals surface area contributed by atoms with Crippen molar-refractivity contribution in [3.05, 3.63) is 17.7 Å². The lowest BCUT2D eigenvalue weighted by molar-refractivity contribution is 0.211. The standard InChI is InChI=1S/C18H31NO3/c1-8-15(19)18-16(21-12(4)5)9-14(20-11(2)3)10-17(18)22-13(6)7/h9-13,15H,8,19H2,1-7H3. The van der Waals surface area contributed by atoms with Crippen molar-refractivity contribution in [2.45, 2.75) is 79.2 Å². The summed E-state index contributed by atoms with van der Waals surface area (Å²) in [6, 6.07) is 3.70. The third-order valence-electron chi connectivity index (χ3n) is 2.99. The van der Waals surface area contributed by atoms with Crippen LogP contribution in [0.1, 0.15) is 66.5 Å². The summed E-state index contributed by atoms with van der Waals surface area (Å²) in [6.45, 7) is 14.1. The molecule has 1 atom stereocenters. The fourth-order valence-corrected chi connectivity index (χ4v) is 2.19. The van der Waals surface area contributed by atoms with E-state index < -0.39 is 0 Å². The van der Waals surface area contributed by atoms with Crippen LogP contribution >= 0.6 is 0 Å². The Hall–Kier alpha value is -1.42. The minimum atomic E-state index is -0.129. The van der Waals surface area contributed by atoms with Crippen molar-refractivity contribution in [2.24, 2.45) is 5.73 Å². The highest BCUT2D eigenvalue weighted by molar-refractivity contribution is 5.52. The van der Waals surface area contributed by atoms with E-state index in [1.165, 1.54) is 0 Å². The van der Waals surface area contributed by atoms with E-state index in [-0.39, 0.29) is 24.4 Å². The van der Waals surface area contributed by atoms with Crippen LogP contribution in [0.3, 0.4) is 0 Å². The van der Waals surface area contributed by atoms with Gasteiger partial charge in [-0.05, 0) is 48.0 Å². The molecule has 1 aromatic rings. The van der Waals surface area contributed by atoms with Gasteiger partial charge in [-0.2, -0.15) is 0 Å². The van der Waals surface area contributed by atoms with Gasteiger partial charge >= 0.3 is 0 Å². The lowest BCUT2D eigenvalue weighted by atomic mass is 10.0. The van der Waals surface area contributed by atoms with Crippen LogP contribution in [0.15, 0.2) is 12.1 Å². The molecule has 4 heteroatoms. The summed E-state index contributed by atoms with van der Waals surface area (Å²) < 4.78 is 17.8. The Balaban J connectivity index is 3.38. The molecule has 0 fully saturated rings. The van der Waals surface area contributed by atoms with Crippen molar-refractivity contribution >= 4 is 0 Å². The van der Waals surface area contributed by atoms with Crippen molar-refractivity contribution in [3.8, 4) is 17.2 Å². The van der Waals surface area contributed by atoms with Crippen LogP contribution in [0.2, 0.25) is 0 Å². The molecule has 0 saturated carbocycles. The molecule has 0 spiro atoms. The second-order valence-electron chi connectivity index (χ2n) is 6.35. The summed E-state index contributed by atoms with van der Waals surface area (Å²) in [7, 11) is 0. The van der Waals surface area contributed by atoms with E-state index in [1.807, 2.05) is 53.7 Å². The van der Waals surface area contributed by atoms with Gasteiger partial charge in [0.1, 0.15) is 17.2 Å². The molecule has 0 heterocycles. The maximum absolute atomic E-state index is 6.30. The molecule has 0 aliphatic carbocycles. The Bertz CT molecular complexity index is 438. The average Bonchev–Trinajstić information content (AvgIpc) is 2.35. The molecule has 2 N–H and O–H groups in total. The summed E-state index contributed by atoms with van der Waals surface area (Å²) in [5.41, 5.74) is 7.22. The van der Waals surface area contributed by atoms with Gasteiger partial charge in [0, 0.05) is 18.2 Å². The molecule has 0 aliphatic heterocycles. The maximum atomic E-state index is 6.30. The first kappa shape index (κ1) is 18.6. The average molecular weight is 309 g/mol. The van der Waals surface area contributed by atoms with Crippen LogP contribution in [0.4, 0.5) is 0 Å². The number of nitrogens with two attached hydrogens (primary N) is 1. The second kappa shape index (κ2) is 8.28. The molecule has 22 heavy (non-hydrogen) atoms. The Kier molecular flexibility index (Phi) is 7.01. The van der Waals surface area contributed by atoms with Gasteiger partial charge in [-0.1, -0.05) is 6.92 Å². The predicted molar refractivity (Wildman–Crippen MR) is 91.0 cm³/mol. The van der Waals surface area contributed by atoms with E-state index in [4.69, 9.17) is 19.9 Å². The van der Waals surface area contributed by atoms with Crippen LogP contribution in [0, 0.1) is 0 Å². The Labute approximate surface area is 134 Å². The first-order chi connectivity index (χ1) is 10.2. The lowest BCUT2D eigenvalue weighted by Crippen LogP contribution is -2.18. The van der Waals surface area contributed by atoms with Crippen molar-refractivity contribution < 1.29 is 14.2 Å². The summed E-state index contributed by atoms with van der Waals surface area (Å²) in [5.74, 6) is 2.24. The fraction of sp³-hybridized carbons (Fsp3) is 0.667. The third kappa shape index (κ3) is 5.41. The minimum Gasteiger partial charge on any atom is -0.491 e. The summed E-state index contributed by atoms with van der Waals surface area (Å²) in [6.07, 6.45) is 1.02. The van der Waals surface area contributed by atoms with E-state index >= 15 is 0 Å². The van der Waals surface area contributed by atoms with Gasteiger partial charge < -0.3 is 19.9 Å². The number of ether oxygens (including phenoxy) is 3. The molecular weight excluding hydrogens is 278 g/mol. The van der Waals surface area contributed by atoms with Gasteiger partial charge in [-0.15, -0.1) is 0 Å². The lowest BCUT2D eigenvalue weighted by Gasteiger charge is -2.24. The SMILES string of the molecule is CCC(N)c1c(OC(C)C)cc(OC(C)C)cc1OC(C)C. The quantitative estimate of drug-likeness (QED) is 0.770. The number of hydrogen-bond acceptors (Lipinski definition) is 4. The van der Waals surface area contributed by atoms with Gasteiger partial charge in [0.2, 0.25) is 0 Å². The van der Waals surface area contributed by atoms with E-state index in [9.17, 15) is 0 Å². The Morgan fingerprint density at radius 3 is 1.55 bits per heavy atom. The van der Waals surface area contributed by atoms with Crippen LogP contribution < -0.4 is 19.9 Å². The van der Waals surface area contributed by atoms with E-state index in [0.717, 1.165) is 29.2 Å². The van der Waals surface area contributed by atoms with Gasteiger partial charge in [0.05, 0.1) is 23.9 Å². The van der Waals surface area contributed by atoms with Gasteiger partial charge in [-0.25, -0.2) is 0 Å². The zero-order chi connectivity index (χ0) is 16.9. The largest absolute Gasteiger partial charge is 0.491 e. The number of hydrogen-bond donors (Lipinski definition) is 1. The molecule has 0 amide bonds. The molecule has 126 valence electrons.